The molecule has 0 aromatic heterocycles. The van der Waals surface area contributed by atoms with Crippen LogP contribution in [-0.4, -0.2) is 87.1 Å². The zero-order valence-electron chi connectivity index (χ0n) is 20.9. The monoisotopic (exact) mass is 496 g/mol. The van der Waals surface area contributed by atoms with E-state index in [1.807, 2.05) is 13.0 Å². The Kier molecular flexibility index (Phi) is 6.19. The van der Waals surface area contributed by atoms with Crippen LogP contribution < -0.4 is 0 Å². The number of hydrogen-bond donors (Lipinski definition) is 5. The quantitative estimate of drug-likeness (QED) is 0.275. The fourth-order valence-corrected chi connectivity index (χ4v) is 7.94. The molecular weight excluding hydrogens is 456 g/mol. The van der Waals surface area contributed by atoms with E-state index in [9.17, 15) is 30.3 Å². The number of aliphatic hydroxyl groups is 5. The molecule has 5 aliphatic rings. The number of fused-ring (bicyclic) bond motifs is 2. The Morgan fingerprint density at radius 1 is 1.06 bits per heavy atom. The summed E-state index contributed by atoms with van der Waals surface area (Å²) in [7, 11) is 0. The summed E-state index contributed by atoms with van der Waals surface area (Å²) >= 11 is 0. The zero-order valence-corrected chi connectivity index (χ0v) is 20.9. The molecule has 0 radical (unpaired) electrons. The molecule has 9 heteroatoms. The highest BCUT2D eigenvalue weighted by molar-refractivity contribution is 5.80. The van der Waals surface area contributed by atoms with Gasteiger partial charge in [-0.1, -0.05) is 20.3 Å². The van der Waals surface area contributed by atoms with E-state index < -0.39 is 53.7 Å². The van der Waals surface area contributed by atoms with E-state index in [-0.39, 0.29) is 30.0 Å². The first-order valence-electron chi connectivity index (χ1n) is 13.0. The van der Waals surface area contributed by atoms with E-state index in [1.165, 1.54) is 0 Å². The molecule has 3 aliphatic carbocycles. The van der Waals surface area contributed by atoms with Gasteiger partial charge in [-0.3, -0.25) is 4.79 Å². The smallest absolute Gasteiger partial charge is 0.312 e. The van der Waals surface area contributed by atoms with Crippen LogP contribution in [-0.2, 0) is 19.0 Å². The Morgan fingerprint density at radius 3 is 2.51 bits per heavy atom. The average molecular weight is 497 g/mol. The van der Waals surface area contributed by atoms with Crippen LogP contribution in [0.2, 0.25) is 0 Å². The van der Waals surface area contributed by atoms with E-state index in [0.29, 0.717) is 19.3 Å². The number of ether oxygens (including phenoxy) is 3. The molecule has 5 N–H and O–H groups in total. The van der Waals surface area contributed by atoms with Crippen molar-refractivity contribution in [1.82, 2.24) is 0 Å². The van der Waals surface area contributed by atoms with Gasteiger partial charge in [0.05, 0.1) is 24.2 Å². The number of rotatable bonds is 5. The number of carbonyl (C=O) groups is 1. The van der Waals surface area contributed by atoms with Gasteiger partial charge in [0, 0.05) is 11.3 Å². The molecule has 0 spiro atoms. The molecule has 0 aromatic carbocycles. The van der Waals surface area contributed by atoms with Gasteiger partial charge in [-0.2, -0.15) is 0 Å². The molecule has 11 unspecified atom stereocenters. The van der Waals surface area contributed by atoms with Crippen molar-refractivity contribution in [3.8, 4) is 0 Å². The van der Waals surface area contributed by atoms with Crippen molar-refractivity contribution in [3.63, 3.8) is 0 Å². The summed E-state index contributed by atoms with van der Waals surface area (Å²) < 4.78 is 17.1. The second-order valence-electron chi connectivity index (χ2n) is 12.4. The molecule has 35 heavy (non-hydrogen) atoms. The van der Waals surface area contributed by atoms with E-state index in [1.54, 1.807) is 0 Å². The summed E-state index contributed by atoms with van der Waals surface area (Å²) in [6.07, 6.45) is 0.440. The minimum atomic E-state index is -1.47. The van der Waals surface area contributed by atoms with E-state index >= 15 is 0 Å². The lowest BCUT2D eigenvalue weighted by molar-refractivity contribution is -0.302. The normalized spacial score (nSPS) is 53.4. The van der Waals surface area contributed by atoms with Crippen molar-refractivity contribution >= 4 is 5.97 Å². The Hall–Kier alpha value is -1.07. The molecule has 2 saturated carbocycles. The van der Waals surface area contributed by atoms with E-state index in [0.717, 1.165) is 31.3 Å². The second kappa shape index (κ2) is 8.48. The Balaban J connectivity index is 1.29. The van der Waals surface area contributed by atoms with Gasteiger partial charge < -0.3 is 39.7 Å². The number of carbonyl (C=O) groups excluding carboxylic acids is 1. The Bertz CT molecular complexity index is 890. The summed E-state index contributed by atoms with van der Waals surface area (Å²) in [5.41, 5.74) is -1.18. The van der Waals surface area contributed by atoms with Crippen LogP contribution in [0.3, 0.4) is 0 Å². The molecule has 0 bridgehead atoms. The van der Waals surface area contributed by atoms with Crippen molar-refractivity contribution in [1.29, 1.82) is 0 Å². The summed E-state index contributed by atoms with van der Waals surface area (Å²) in [6.45, 7) is 6.02. The van der Waals surface area contributed by atoms with Crippen LogP contribution in [0.4, 0.5) is 0 Å². The SMILES string of the molecule is CC1(CCOC2OC(CO)C(O)C(O)C2O)CCC2(O)C(=CC3OC(=O)C4(C)CCCC2(C)C34)C1. The molecule has 9 nitrogen and oxygen atoms in total. The number of aliphatic hydroxyl groups excluding tert-OH is 4. The van der Waals surface area contributed by atoms with Crippen molar-refractivity contribution in [3.05, 3.63) is 11.6 Å². The lowest BCUT2D eigenvalue weighted by atomic mass is 9.43. The molecular formula is C26H40O9. The third-order valence-corrected chi connectivity index (χ3v) is 10.2. The van der Waals surface area contributed by atoms with Crippen LogP contribution >= 0.6 is 0 Å². The topological polar surface area (TPSA) is 146 Å². The maximum atomic E-state index is 12.8. The van der Waals surface area contributed by atoms with Crippen molar-refractivity contribution in [2.45, 2.75) is 108 Å². The summed E-state index contributed by atoms with van der Waals surface area (Å²) in [5, 5.41) is 51.7. The van der Waals surface area contributed by atoms with Crippen LogP contribution in [0.25, 0.3) is 0 Å². The number of esters is 1. The second-order valence-corrected chi connectivity index (χ2v) is 12.4. The highest BCUT2D eigenvalue weighted by Gasteiger charge is 2.70. The van der Waals surface area contributed by atoms with Crippen LogP contribution in [0.1, 0.15) is 65.7 Å². The molecule has 5 rings (SSSR count). The van der Waals surface area contributed by atoms with Crippen LogP contribution in [0.5, 0.6) is 0 Å². The number of hydrogen-bond acceptors (Lipinski definition) is 9. The first-order chi connectivity index (χ1) is 16.4. The van der Waals surface area contributed by atoms with Gasteiger partial charge in [-0.15, -0.1) is 0 Å². The third-order valence-electron chi connectivity index (χ3n) is 10.2. The molecule has 11 atom stereocenters. The molecule has 2 saturated heterocycles. The minimum Gasteiger partial charge on any atom is -0.457 e. The standard InChI is InChI=1S/C26H40O9/c1-23(9-10-33-21-19(30)18(29)17(28)16(13-27)34-21)7-8-26(32)14(12-23)11-15-20-24(2,22(31)35-15)5-4-6-25(20,26)3/h11,15-21,27-30,32H,4-10,12-13H2,1-3H3. The minimum absolute atomic E-state index is 0.0242. The van der Waals surface area contributed by atoms with Crippen molar-refractivity contribution in [2.24, 2.45) is 22.2 Å². The zero-order chi connectivity index (χ0) is 25.4. The molecule has 4 fully saturated rings. The molecule has 2 aliphatic heterocycles. The highest BCUT2D eigenvalue weighted by Crippen LogP contribution is 2.68. The highest BCUT2D eigenvalue weighted by atomic mass is 16.7. The maximum Gasteiger partial charge on any atom is 0.312 e. The van der Waals surface area contributed by atoms with E-state index in [2.05, 4.69) is 13.8 Å². The molecule has 2 heterocycles. The van der Waals surface area contributed by atoms with Gasteiger partial charge in [0.2, 0.25) is 0 Å². The van der Waals surface area contributed by atoms with Gasteiger partial charge >= 0.3 is 5.97 Å². The molecule has 0 aromatic rings. The van der Waals surface area contributed by atoms with Crippen molar-refractivity contribution in [2.75, 3.05) is 13.2 Å². The predicted molar refractivity (Wildman–Crippen MR) is 123 cm³/mol. The first-order valence-corrected chi connectivity index (χ1v) is 13.0. The summed E-state index contributed by atoms with van der Waals surface area (Å²) in [4.78, 5) is 12.8. The fourth-order valence-electron chi connectivity index (χ4n) is 7.94. The van der Waals surface area contributed by atoms with Crippen LogP contribution in [0, 0.1) is 22.2 Å². The fraction of sp³-hybridized carbons (Fsp3) is 0.885. The van der Waals surface area contributed by atoms with Gasteiger partial charge in [0.25, 0.3) is 0 Å². The lowest BCUT2D eigenvalue weighted by Gasteiger charge is -2.61. The largest absolute Gasteiger partial charge is 0.457 e. The van der Waals surface area contributed by atoms with Crippen molar-refractivity contribution < 1.29 is 44.5 Å². The Morgan fingerprint density at radius 2 is 1.80 bits per heavy atom. The molecule has 0 amide bonds. The Labute approximate surface area is 206 Å². The molecule has 198 valence electrons. The maximum absolute atomic E-state index is 12.8. The first kappa shape index (κ1) is 25.6. The van der Waals surface area contributed by atoms with Gasteiger partial charge in [-0.25, -0.2) is 0 Å². The van der Waals surface area contributed by atoms with Crippen LogP contribution in [0.15, 0.2) is 11.6 Å². The van der Waals surface area contributed by atoms with Gasteiger partial charge in [0.15, 0.2) is 6.29 Å². The van der Waals surface area contributed by atoms with Gasteiger partial charge in [-0.05, 0) is 62.5 Å². The summed E-state index contributed by atoms with van der Waals surface area (Å²) in [6, 6.07) is 0. The lowest BCUT2D eigenvalue weighted by Crippen LogP contribution is -2.63. The predicted octanol–water partition coefficient (Wildman–Crippen LogP) is 0.792. The summed E-state index contributed by atoms with van der Waals surface area (Å²) in [5.74, 6) is -0.169. The third kappa shape index (κ3) is 3.65. The van der Waals surface area contributed by atoms with E-state index in [4.69, 9.17) is 14.2 Å². The van der Waals surface area contributed by atoms with Gasteiger partial charge in [0.1, 0.15) is 30.5 Å². The average Bonchev–Trinajstić information content (AvgIpc) is 3.06.